The predicted molar refractivity (Wildman–Crippen MR) is 97.7 cm³/mol. The number of hydrogen-bond acceptors (Lipinski definition) is 4. The van der Waals surface area contributed by atoms with Crippen LogP contribution in [0.4, 0.5) is 0 Å². The summed E-state index contributed by atoms with van der Waals surface area (Å²) in [6.45, 7) is 1.84. The number of hydrogen-bond donors (Lipinski definition) is 1. The molecular formula is C18H20N2O2S. The summed E-state index contributed by atoms with van der Waals surface area (Å²) < 4.78 is 10.3. The Kier molecular flexibility index (Phi) is 6.11. The molecule has 0 heterocycles. The molecule has 0 aliphatic rings. The average molecular weight is 328 g/mol. The van der Waals surface area contributed by atoms with Crippen molar-refractivity contribution < 1.29 is 9.47 Å². The number of aliphatic imine (C=N–C) groups is 1. The molecule has 0 aliphatic heterocycles. The van der Waals surface area contributed by atoms with Crippen molar-refractivity contribution in [2.75, 3.05) is 14.2 Å². The molecule has 2 rings (SSSR count). The molecule has 5 heteroatoms. The Morgan fingerprint density at radius 3 is 2.00 bits per heavy atom. The molecule has 0 aromatic heterocycles. The zero-order valence-corrected chi connectivity index (χ0v) is 14.3. The first-order valence-electron chi connectivity index (χ1n) is 7.20. The minimum Gasteiger partial charge on any atom is -0.497 e. The van der Waals surface area contributed by atoms with Gasteiger partial charge in [0.2, 0.25) is 0 Å². The number of nitrogens with one attached hydrogen (secondary N) is 1. The number of nitrogens with zero attached hydrogens (tertiary/aromatic N) is 1. The third-order valence-corrected chi connectivity index (χ3v) is 3.38. The molecule has 0 radical (unpaired) electrons. The van der Waals surface area contributed by atoms with Gasteiger partial charge in [-0.2, -0.15) is 0 Å². The maximum Gasteiger partial charge on any atom is 0.145 e. The van der Waals surface area contributed by atoms with Crippen LogP contribution in [0.2, 0.25) is 0 Å². The van der Waals surface area contributed by atoms with Crippen LogP contribution in [-0.2, 0) is 0 Å². The second kappa shape index (κ2) is 8.29. The third-order valence-electron chi connectivity index (χ3n) is 3.26. The van der Waals surface area contributed by atoms with Crippen molar-refractivity contribution in [2.24, 2.45) is 4.99 Å². The van der Waals surface area contributed by atoms with Gasteiger partial charge < -0.3 is 14.8 Å². The van der Waals surface area contributed by atoms with Crippen LogP contribution in [0.3, 0.4) is 0 Å². The third kappa shape index (κ3) is 5.07. The Bertz CT molecular complexity index is 666. The number of benzene rings is 2. The van der Waals surface area contributed by atoms with E-state index in [9.17, 15) is 0 Å². The second-order valence-corrected chi connectivity index (χ2v) is 5.54. The fourth-order valence-corrected chi connectivity index (χ4v) is 2.15. The van der Waals surface area contributed by atoms with E-state index in [4.69, 9.17) is 21.7 Å². The molecule has 0 bridgehead atoms. The maximum atomic E-state index is 5.18. The summed E-state index contributed by atoms with van der Waals surface area (Å²) in [7, 11) is 3.29. The highest BCUT2D eigenvalue weighted by molar-refractivity contribution is 7.80. The van der Waals surface area contributed by atoms with Crippen LogP contribution in [0.15, 0.2) is 53.5 Å². The van der Waals surface area contributed by atoms with Gasteiger partial charge in [0.15, 0.2) is 0 Å². The van der Waals surface area contributed by atoms with Gasteiger partial charge in [-0.05, 0) is 54.4 Å². The van der Waals surface area contributed by atoms with Crippen LogP contribution in [0, 0.1) is 0 Å². The van der Waals surface area contributed by atoms with Crippen molar-refractivity contribution in [3.05, 3.63) is 59.7 Å². The topological polar surface area (TPSA) is 42.8 Å². The lowest BCUT2D eigenvalue weighted by molar-refractivity contribution is 0.414. The van der Waals surface area contributed by atoms with Gasteiger partial charge in [0, 0.05) is 6.21 Å². The van der Waals surface area contributed by atoms with Gasteiger partial charge in [0.05, 0.1) is 19.2 Å². The highest BCUT2D eigenvalue weighted by Gasteiger charge is 2.09. The fraction of sp³-hybridized carbons (Fsp3) is 0.222. The molecule has 4 nitrogen and oxygen atoms in total. The van der Waals surface area contributed by atoms with E-state index in [1.165, 1.54) is 0 Å². The van der Waals surface area contributed by atoms with Gasteiger partial charge >= 0.3 is 0 Å². The highest BCUT2D eigenvalue weighted by Crippen LogP contribution is 2.19. The number of rotatable bonds is 6. The van der Waals surface area contributed by atoms with Crippen molar-refractivity contribution in [3.8, 4) is 11.5 Å². The van der Waals surface area contributed by atoms with E-state index in [-0.39, 0.29) is 6.17 Å². The van der Waals surface area contributed by atoms with E-state index in [0.717, 1.165) is 22.6 Å². The summed E-state index contributed by atoms with van der Waals surface area (Å²) in [5.74, 6) is 1.63. The lowest BCUT2D eigenvalue weighted by Crippen LogP contribution is -2.23. The molecule has 1 N–H and O–H groups in total. The standard InChI is InChI=1S/C18H20N2O2S/c1-13(23)20-18(15-6-10-17(22-3)11-7-15)19-12-14-4-8-16(21-2)9-5-14/h4-12,18H,1-3H3,(H,20,23)/b19-12+. The largest absolute Gasteiger partial charge is 0.497 e. The van der Waals surface area contributed by atoms with E-state index < -0.39 is 0 Å². The summed E-state index contributed by atoms with van der Waals surface area (Å²) in [6, 6.07) is 15.5. The Hall–Kier alpha value is -2.40. The van der Waals surface area contributed by atoms with Gasteiger partial charge in [0.25, 0.3) is 0 Å². The molecule has 0 aliphatic carbocycles. The molecule has 0 fully saturated rings. The first kappa shape index (κ1) is 17.0. The van der Waals surface area contributed by atoms with Crippen LogP contribution < -0.4 is 14.8 Å². The monoisotopic (exact) mass is 328 g/mol. The smallest absolute Gasteiger partial charge is 0.145 e. The fourth-order valence-electron chi connectivity index (χ4n) is 2.04. The molecule has 2 aromatic rings. The molecule has 1 atom stereocenters. The minimum atomic E-state index is -0.236. The van der Waals surface area contributed by atoms with Gasteiger partial charge in [-0.25, -0.2) is 0 Å². The summed E-state index contributed by atoms with van der Waals surface area (Å²) in [5, 5.41) is 3.19. The van der Waals surface area contributed by atoms with Crippen molar-refractivity contribution in [2.45, 2.75) is 13.1 Å². The average Bonchev–Trinajstić information content (AvgIpc) is 2.59. The van der Waals surface area contributed by atoms with Gasteiger partial charge in [-0.3, -0.25) is 4.99 Å². The van der Waals surface area contributed by atoms with Crippen LogP contribution in [0.25, 0.3) is 0 Å². The first-order chi connectivity index (χ1) is 11.1. The quantitative estimate of drug-likeness (QED) is 0.648. The van der Waals surface area contributed by atoms with E-state index in [1.54, 1.807) is 14.2 Å². The lowest BCUT2D eigenvalue weighted by Gasteiger charge is -2.15. The molecular weight excluding hydrogens is 308 g/mol. The molecule has 1 unspecified atom stereocenters. The van der Waals surface area contributed by atoms with Crippen LogP contribution in [0.5, 0.6) is 11.5 Å². The predicted octanol–water partition coefficient (Wildman–Crippen LogP) is 3.76. The van der Waals surface area contributed by atoms with Crippen molar-refractivity contribution >= 4 is 23.4 Å². The molecule has 0 spiro atoms. The number of thiocarbonyl (C=S) groups is 1. The molecule has 120 valence electrons. The molecule has 0 amide bonds. The lowest BCUT2D eigenvalue weighted by atomic mass is 10.1. The SMILES string of the molecule is COc1ccc(/C=N/C(NC(C)=S)c2ccc(OC)cc2)cc1. The normalized spacial score (nSPS) is 12.0. The van der Waals surface area contributed by atoms with Crippen molar-refractivity contribution in [1.29, 1.82) is 0 Å². The van der Waals surface area contributed by atoms with Crippen LogP contribution >= 0.6 is 12.2 Å². The highest BCUT2D eigenvalue weighted by atomic mass is 32.1. The van der Waals surface area contributed by atoms with Gasteiger partial charge in [0.1, 0.15) is 17.7 Å². The second-order valence-electron chi connectivity index (χ2n) is 4.93. The zero-order valence-electron chi connectivity index (χ0n) is 13.4. The van der Waals surface area contributed by atoms with Crippen LogP contribution in [0.1, 0.15) is 24.2 Å². The summed E-state index contributed by atoms with van der Waals surface area (Å²) in [6.07, 6.45) is 1.58. The van der Waals surface area contributed by atoms with Crippen molar-refractivity contribution in [1.82, 2.24) is 5.32 Å². The number of ether oxygens (including phenoxy) is 2. The first-order valence-corrected chi connectivity index (χ1v) is 7.61. The van der Waals surface area contributed by atoms with Crippen molar-refractivity contribution in [3.63, 3.8) is 0 Å². The van der Waals surface area contributed by atoms with Gasteiger partial charge in [-0.1, -0.05) is 24.4 Å². The van der Waals surface area contributed by atoms with E-state index in [2.05, 4.69) is 10.3 Å². The van der Waals surface area contributed by atoms with Gasteiger partial charge in [-0.15, -0.1) is 0 Å². The summed E-state index contributed by atoms with van der Waals surface area (Å²) >= 11 is 5.16. The Morgan fingerprint density at radius 1 is 1.00 bits per heavy atom. The summed E-state index contributed by atoms with van der Waals surface area (Å²) in [5.41, 5.74) is 2.01. The molecule has 2 aromatic carbocycles. The van der Waals surface area contributed by atoms with E-state index in [1.807, 2.05) is 61.7 Å². The Labute approximate surface area is 142 Å². The molecule has 0 saturated heterocycles. The van der Waals surface area contributed by atoms with E-state index >= 15 is 0 Å². The number of methoxy groups -OCH3 is 2. The summed E-state index contributed by atoms with van der Waals surface area (Å²) in [4.78, 5) is 5.30. The molecule has 23 heavy (non-hydrogen) atoms. The molecule has 0 saturated carbocycles. The van der Waals surface area contributed by atoms with Crippen LogP contribution in [-0.4, -0.2) is 25.4 Å². The Morgan fingerprint density at radius 2 is 1.52 bits per heavy atom. The maximum absolute atomic E-state index is 5.18. The zero-order chi connectivity index (χ0) is 16.7. The Balaban J connectivity index is 2.19. The minimum absolute atomic E-state index is 0.236. The van der Waals surface area contributed by atoms with E-state index in [0.29, 0.717) is 4.99 Å².